The lowest BCUT2D eigenvalue weighted by Gasteiger charge is -2.34. The summed E-state index contributed by atoms with van der Waals surface area (Å²) >= 11 is 0. The van der Waals surface area contributed by atoms with E-state index in [1.54, 1.807) is 6.20 Å². The van der Waals surface area contributed by atoms with Crippen molar-refractivity contribution in [3.8, 4) is 0 Å². The molecule has 1 N–H and O–H groups in total. The maximum Gasteiger partial charge on any atom is 0.257 e. The van der Waals surface area contributed by atoms with Gasteiger partial charge in [-0.05, 0) is 19.1 Å². The van der Waals surface area contributed by atoms with Crippen molar-refractivity contribution in [2.45, 2.75) is 13.5 Å². The van der Waals surface area contributed by atoms with Gasteiger partial charge >= 0.3 is 0 Å². The molecule has 124 valence electrons. The maximum atomic E-state index is 12.8. The molecule has 1 fully saturated rings. The predicted molar refractivity (Wildman–Crippen MR) is 87.5 cm³/mol. The lowest BCUT2D eigenvalue weighted by atomic mass is 10.2. The first-order valence-corrected chi connectivity index (χ1v) is 8.01. The molecule has 0 atom stereocenters. The number of rotatable bonds is 3. The molecule has 0 saturated carbocycles. The van der Waals surface area contributed by atoms with E-state index in [0.717, 1.165) is 36.7 Å². The standard InChI is InChI=1S/C16H19N7O/c1-12-3-2-4-14-13(9-19-23(12)14)16(24)22-7-5-21(6-8-22)10-15-17-11-18-20-15/h2-4,9,11H,5-8,10H2,1H3,(H,17,18,20). The Kier molecular flexibility index (Phi) is 3.73. The van der Waals surface area contributed by atoms with E-state index in [-0.39, 0.29) is 5.91 Å². The lowest BCUT2D eigenvalue weighted by Crippen LogP contribution is -2.48. The summed E-state index contributed by atoms with van der Waals surface area (Å²) in [6.45, 7) is 5.77. The van der Waals surface area contributed by atoms with E-state index in [1.165, 1.54) is 6.33 Å². The average Bonchev–Trinajstić information content (AvgIpc) is 3.25. The zero-order valence-electron chi connectivity index (χ0n) is 13.5. The number of aryl methyl sites for hydroxylation is 1. The van der Waals surface area contributed by atoms with Crippen molar-refractivity contribution >= 4 is 11.4 Å². The number of aromatic nitrogens is 5. The molecule has 1 amide bonds. The number of piperazine rings is 1. The molecule has 1 saturated heterocycles. The largest absolute Gasteiger partial charge is 0.336 e. The second-order valence-electron chi connectivity index (χ2n) is 6.02. The van der Waals surface area contributed by atoms with Crippen molar-refractivity contribution in [3.05, 3.63) is 47.8 Å². The minimum Gasteiger partial charge on any atom is -0.336 e. The minimum atomic E-state index is 0.0508. The first-order valence-electron chi connectivity index (χ1n) is 8.01. The van der Waals surface area contributed by atoms with Gasteiger partial charge in [0.2, 0.25) is 0 Å². The molecule has 4 heterocycles. The molecule has 0 unspecified atom stereocenters. The summed E-state index contributed by atoms with van der Waals surface area (Å²) in [6, 6.07) is 5.88. The minimum absolute atomic E-state index is 0.0508. The Morgan fingerprint density at radius 2 is 2.08 bits per heavy atom. The number of hydrogen-bond acceptors (Lipinski definition) is 5. The van der Waals surface area contributed by atoms with Crippen molar-refractivity contribution < 1.29 is 4.79 Å². The molecule has 4 rings (SSSR count). The van der Waals surface area contributed by atoms with Gasteiger partial charge in [0.25, 0.3) is 5.91 Å². The monoisotopic (exact) mass is 325 g/mol. The van der Waals surface area contributed by atoms with Crippen molar-refractivity contribution in [3.63, 3.8) is 0 Å². The van der Waals surface area contributed by atoms with E-state index in [1.807, 2.05) is 34.5 Å². The zero-order valence-corrected chi connectivity index (χ0v) is 13.5. The van der Waals surface area contributed by atoms with Gasteiger partial charge in [-0.3, -0.25) is 14.8 Å². The van der Waals surface area contributed by atoms with Crippen LogP contribution in [0.3, 0.4) is 0 Å². The quantitative estimate of drug-likeness (QED) is 0.767. The molecule has 0 radical (unpaired) electrons. The molecule has 8 heteroatoms. The van der Waals surface area contributed by atoms with Crippen LogP contribution < -0.4 is 0 Å². The Hall–Kier alpha value is -2.74. The van der Waals surface area contributed by atoms with Gasteiger partial charge in [-0.2, -0.15) is 10.2 Å². The van der Waals surface area contributed by atoms with Crippen LogP contribution in [0.5, 0.6) is 0 Å². The van der Waals surface area contributed by atoms with Crippen LogP contribution in [-0.2, 0) is 6.54 Å². The molecule has 24 heavy (non-hydrogen) atoms. The fourth-order valence-electron chi connectivity index (χ4n) is 3.11. The first-order chi connectivity index (χ1) is 11.7. The van der Waals surface area contributed by atoms with Crippen LogP contribution in [0.25, 0.3) is 5.52 Å². The number of fused-ring (bicyclic) bond motifs is 1. The number of carbonyl (C=O) groups excluding carboxylic acids is 1. The van der Waals surface area contributed by atoms with E-state index in [4.69, 9.17) is 0 Å². The van der Waals surface area contributed by atoms with E-state index in [2.05, 4.69) is 25.2 Å². The fourth-order valence-corrected chi connectivity index (χ4v) is 3.11. The van der Waals surface area contributed by atoms with Crippen LogP contribution in [0, 0.1) is 6.92 Å². The number of carbonyl (C=O) groups is 1. The van der Waals surface area contributed by atoms with Gasteiger partial charge in [-0.15, -0.1) is 0 Å². The predicted octanol–water partition coefficient (Wildman–Crippen LogP) is 0.719. The van der Waals surface area contributed by atoms with Crippen LogP contribution in [0.15, 0.2) is 30.7 Å². The van der Waals surface area contributed by atoms with Crippen LogP contribution >= 0.6 is 0 Å². The molecule has 0 aliphatic carbocycles. The van der Waals surface area contributed by atoms with Crippen LogP contribution in [0.2, 0.25) is 0 Å². The van der Waals surface area contributed by atoms with Gasteiger partial charge < -0.3 is 4.90 Å². The Morgan fingerprint density at radius 1 is 1.25 bits per heavy atom. The topological polar surface area (TPSA) is 82.4 Å². The van der Waals surface area contributed by atoms with Gasteiger partial charge in [0.1, 0.15) is 12.2 Å². The second kappa shape index (κ2) is 6.04. The van der Waals surface area contributed by atoms with Gasteiger partial charge in [-0.25, -0.2) is 9.50 Å². The summed E-state index contributed by atoms with van der Waals surface area (Å²) in [4.78, 5) is 21.2. The lowest BCUT2D eigenvalue weighted by molar-refractivity contribution is 0.0627. The number of aromatic amines is 1. The highest BCUT2D eigenvalue weighted by atomic mass is 16.2. The van der Waals surface area contributed by atoms with Crippen molar-refractivity contribution in [2.24, 2.45) is 0 Å². The van der Waals surface area contributed by atoms with Crippen LogP contribution in [-0.4, -0.2) is 66.7 Å². The second-order valence-corrected chi connectivity index (χ2v) is 6.02. The van der Waals surface area contributed by atoms with Gasteiger partial charge in [0.15, 0.2) is 0 Å². The number of amides is 1. The third-order valence-corrected chi connectivity index (χ3v) is 4.46. The molecule has 1 aliphatic heterocycles. The molecule has 1 aliphatic rings. The number of nitrogens with one attached hydrogen (secondary N) is 1. The molecular formula is C16H19N7O. The highest BCUT2D eigenvalue weighted by Crippen LogP contribution is 2.16. The van der Waals surface area contributed by atoms with Crippen molar-refractivity contribution in [2.75, 3.05) is 26.2 Å². The number of hydrogen-bond donors (Lipinski definition) is 1. The smallest absolute Gasteiger partial charge is 0.257 e. The SMILES string of the molecule is Cc1cccc2c(C(=O)N3CCN(Cc4ncn[nH]4)CC3)cnn12. The normalized spacial score (nSPS) is 16.0. The van der Waals surface area contributed by atoms with E-state index in [0.29, 0.717) is 18.7 Å². The summed E-state index contributed by atoms with van der Waals surface area (Å²) in [7, 11) is 0. The summed E-state index contributed by atoms with van der Waals surface area (Å²) in [5.41, 5.74) is 2.55. The fraction of sp³-hybridized carbons (Fsp3) is 0.375. The van der Waals surface area contributed by atoms with Gasteiger partial charge in [0, 0.05) is 31.9 Å². The Bertz CT molecular complexity index is 847. The molecule has 3 aromatic heterocycles. The summed E-state index contributed by atoms with van der Waals surface area (Å²) in [5.74, 6) is 0.905. The number of nitrogens with zero attached hydrogens (tertiary/aromatic N) is 6. The number of pyridine rings is 1. The van der Waals surface area contributed by atoms with Crippen molar-refractivity contribution in [1.29, 1.82) is 0 Å². The highest BCUT2D eigenvalue weighted by Gasteiger charge is 2.24. The highest BCUT2D eigenvalue weighted by molar-refractivity contribution is 6.00. The number of H-pyrrole nitrogens is 1. The van der Waals surface area contributed by atoms with Crippen LogP contribution in [0.4, 0.5) is 0 Å². The molecule has 3 aromatic rings. The molecule has 0 spiro atoms. The Balaban J connectivity index is 1.45. The molecular weight excluding hydrogens is 306 g/mol. The third-order valence-electron chi connectivity index (χ3n) is 4.46. The Morgan fingerprint density at radius 3 is 2.83 bits per heavy atom. The van der Waals surface area contributed by atoms with Crippen LogP contribution in [0.1, 0.15) is 21.9 Å². The van der Waals surface area contributed by atoms with Crippen molar-refractivity contribution in [1.82, 2.24) is 34.6 Å². The molecule has 0 aromatic carbocycles. The van der Waals surface area contributed by atoms with E-state index in [9.17, 15) is 4.79 Å². The van der Waals surface area contributed by atoms with E-state index < -0.39 is 0 Å². The van der Waals surface area contributed by atoms with Gasteiger partial charge in [0.05, 0.1) is 23.8 Å². The van der Waals surface area contributed by atoms with E-state index >= 15 is 0 Å². The third kappa shape index (κ3) is 2.65. The first kappa shape index (κ1) is 14.8. The maximum absolute atomic E-state index is 12.8. The summed E-state index contributed by atoms with van der Waals surface area (Å²) in [5, 5.41) is 11.1. The zero-order chi connectivity index (χ0) is 16.5. The Labute approximate surface area is 139 Å². The summed E-state index contributed by atoms with van der Waals surface area (Å²) < 4.78 is 1.81. The summed E-state index contributed by atoms with van der Waals surface area (Å²) in [6.07, 6.45) is 3.19. The molecule has 8 nitrogen and oxygen atoms in total. The average molecular weight is 325 g/mol. The molecule has 0 bridgehead atoms. The van der Waals surface area contributed by atoms with Gasteiger partial charge in [-0.1, -0.05) is 6.07 Å².